The summed E-state index contributed by atoms with van der Waals surface area (Å²) in [6, 6.07) is 9.20. The molecule has 3 heterocycles. The number of benzene rings is 1. The lowest BCUT2D eigenvalue weighted by Crippen LogP contribution is -2.09. The lowest BCUT2D eigenvalue weighted by molar-refractivity contribution is 0.966. The molecule has 120 valence electrons. The number of aromatic amines is 2. The fraction of sp³-hybridized carbons (Fsp3) is 0.0667. The number of hydrogen-bond donors (Lipinski definition) is 2. The fourth-order valence-corrected chi connectivity index (χ4v) is 3.69. The van der Waals surface area contributed by atoms with Gasteiger partial charge in [0, 0.05) is 10.6 Å². The molecular weight excluding hydrogens is 366 g/mol. The number of hydrogen-bond acceptors (Lipinski definition) is 6. The standard InChI is InChI=1S/C15H10ClN5OS2/c16-9-3-1-8(2-4-9)13-19-15(21-20-13)24-7-11-17-10-5-6-23-12(10)14(22)18-11/h1-6H,7H2,(H,17,18,22)(H,19,20,21). The summed E-state index contributed by atoms with van der Waals surface area (Å²) >= 11 is 8.67. The van der Waals surface area contributed by atoms with Gasteiger partial charge in [0.2, 0.25) is 5.16 Å². The summed E-state index contributed by atoms with van der Waals surface area (Å²) in [5.74, 6) is 1.76. The van der Waals surface area contributed by atoms with E-state index in [4.69, 9.17) is 11.6 Å². The van der Waals surface area contributed by atoms with E-state index in [-0.39, 0.29) is 5.56 Å². The highest BCUT2D eigenvalue weighted by Gasteiger charge is 2.09. The van der Waals surface area contributed by atoms with Gasteiger partial charge in [0.15, 0.2) is 5.82 Å². The highest BCUT2D eigenvalue weighted by Crippen LogP contribution is 2.23. The van der Waals surface area contributed by atoms with Gasteiger partial charge >= 0.3 is 0 Å². The molecule has 24 heavy (non-hydrogen) atoms. The van der Waals surface area contributed by atoms with Gasteiger partial charge in [-0.05, 0) is 35.7 Å². The Balaban J connectivity index is 1.51. The molecule has 0 fully saturated rings. The van der Waals surface area contributed by atoms with Crippen LogP contribution in [0, 0.1) is 0 Å². The molecule has 0 unspecified atom stereocenters. The summed E-state index contributed by atoms with van der Waals surface area (Å²) in [6.07, 6.45) is 0. The van der Waals surface area contributed by atoms with Gasteiger partial charge in [0.05, 0.1) is 11.3 Å². The van der Waals surface area contributed by atoms with Gasteiger partial charge < -0.3 is 4.98 Å². The van der Waals surface area contributed by atoms with Crippen molar-refractivity contribution in [1.82, 2.24) is 25.1 Å². The second kappa shape index (κ2) is 6.39. The maximum Gasteiger partial charge on any atom is 0.268 e. The van der Waals surface area contributed by atoms with Crippen molar-refractivity contribution in [3.63, 3.8) is 0 Å². The van der Waals surface area contributed by atoms with E-state index in [0.717, 1.165) is 11.1 Å². The van der Waals surface area contributed by atoms with Crippen LogP contribution in [-0.4, -0.2) is 25.1 Å². The third kappa shape index (κ3) is 3.08. The normalized spacial score (nSPS) is 11.2. The summed E-state index contributed by atoms with van der Waals surface area (Å²) in [5.41, 5.74) is 1.52. The number of thioether (sulfide) groups is 1. The van der Waals surface area contributed by atoms with Crippen LogP contribution in [0.15, 0.2) is 45.7 Å². The minimum absolute atomic E-state index is 0.109. The number of fused-ring (bicyclic) bond motifs is 1. The number of H-pyrrole nitrogens is 2. The van der Waals surface area contributed by atoms with Crippen LogP contribution in [0.25, 0.3) is 21.6 Å². The molecule has 0 spiro atoms. The summed E-state index contributed by atoms with van der Waals surface area (Å²) in [4.78, 5) is 23.6. The van der Waals surface area contributed by atoms with E-state index < -0.39 is 0 Å². The first-order valence-electron chi connectivity index (χ1n) is 6.96. The van der Waals surface area contributed by atoms with Gasteiger partial charge in [-0.1, -0.05) is 23.4 Å². The molecule has 0 aliphatic rings. The van der Waals surface area contributed by atoms with Crippen molar-refractivity contribution in [2.75, 3.05) is 0 Å². The molecule has 0 radical (unpaired) electrons. The van der Waals surface area contributed by atoms with E-state index in [1.807, 2.05) is 23.6 Å². The Kier molecular flexibility index (Phi) is 4.09. The number of nitrogens with one attached hydrogen (secondary N) is 2. The molecule has 6 nitrogen and oxygen atoms in total. The molecule has 0 bridgehead atoms. The van der Waals surface area contributed by atoms with E-state index in [1.165, 1.54) is 23.1 Å². The zero-order chi connectivity index (χ0) is 16.5. The first-order chi connectivity index (χ1) is 11.7. The van der Waals surface area contributed by atoms with E-state index >= 15 is 0 Å². The first kappa shape index (κ1) is 15.4. The molecule has 4 rings (SSSR count). The summed E-state index contributed by atoms with van der Waals surface area (Å²) in [7, 11) is 0. The van der Waals surface area contributed by atoms with Crippen molar-refractivity contribution in [1.29, 1.82) is 0 Å². The average Bonchev–Trinajstić information content (AvgIpc) is 3.23. The highest BCUT2D eigenvalue weighted by atomic mass is 35.5. The van der Waals surface area contributed by atoms with Gasteiger partial charge in [-0.15, -0.1) is 16.4 Å². The van der Waals surface area contributed by atoms with Gasteiger partial charge in [-0.25, -0.2) is 9.97 Å². The molecule has 0 saturated carbocycles. The monoisotopic (exact) mass is 375 g/mol. The number of nitrogens with zero attached hydrogens (tertiary/aromatic N) is 3. The molecular formula is C15H10ClN5OS2. The zero-order valence-electron chi connectivity index (χ0n) is 12.1. The third-order valence-electron chi connectivity index (χ3n) is 3.28. The Morgan fingerprint density at radius 2 is 2.00 bits per heavy atom. The molecule has 0 atom stereocenters. The van der Waals surface area contributed by atoms with E-state index in [1.54, 1.807) is 12.1 Å². The van der Waals surface area contributed by atoms with Gasteiger partial charge in [0.1, 0.15) is 10.5 Å². The maximum atomic E-state index is 11.9. The lowest BCUT2D eigenvalue weighted by Gasteiger charge is -1.98. The predicted molar refractivity (Wildman–Crippen MR) is 96.6 cm³/mol. The van der Waals surface area contributed by atoms with E-state index in [9.17, 15) is 4.79 Å². The minimum Gasteiger partial charge on any atom is -0.309 e. The molecule has 2 N–H and O–H groups in total. The number of rotatable bonds is 4. The predicted octanol–water partition coefficient (Wildman–Crippen LogP) is 3.72. The summed E-state index contributed by atoms with van der Waals surface area (Å²) in [5, 5.41) is 10.2. The Morgan fingerprint density at radius 1 is 1.17 bits per heavy atom. The van der Waals surface area contributed by atoms with Crippen LogP contribution in [0.5, 0.6) is 0 Å². The Morgan fingerprint density at radius 3 is 2.83 bits per heavy atom. The molecule has 9 heteroatoms. The van der Waals surface area contributed by atoms with Crippen LogP contribution >= 0.6 is 34.7 Å². The zero-order valence-corrected chi connectivity index (χ0v) is 14.5. The van der Waals surface area contributed by atoms with Crippen molar-refractivity contribution in [2.24, 2.45) is 0 Å². The van der Waals surface area contributed by atoms with Crippen molar-refractivity contribution < 1.29 is 0 Å². The van der Waals surface area contributed by atoms with Gasteiger partial charge in [-0.2, -0.15) is 0 Å². The minimum atomic E-state index is -0.109. The maximum absolute atomic E-state index is 11.9. The smallest absolute Gasteiger partial charge is 0.268 e. The second-order valence-corrected chi connectivity index (χ2v) is 7.20. The molecule has 3 aromatic heterocycles. The van der Waals surface area contributed by atoms with Gasteiger partial charge in [-0.3, -0.25) is 9.89 Å². The largest absolute Gasteiger partial charge is 0.309 e. The molecule has 1 aromatic carbocycles. The van der Waals surface area contributed by atoms with E-state index in [0.29, 0.717) is 32.3 Å². The quantitative estimate of drug-likeness (QED) is 0.531. The highest BCUT2D eigenvalue weighted by molar-refractivity contribution is 7.98. The summed E-state index contributed by atoms with van der Waals surface area (Å²) < 4.78 is 0.645. The number of thiophene rings is 1. The Hall–Kier alpha value is -2.16. The van der Waals surface area contributed by atoms with E-state index in [2.05, 4.69) is 25.1 Å². The van der Waals surface area contributed by atoms with Gasteiger partial charge in [0.25, 0.3) is 5.56 Å². The fourth-order valence-electron chi connectivity index (χ4n) is 2.17. The SMILES string of the molecule is O=c1[nH]c(CSc2n[nH]c(-c3ccc(Cl)cc3)n2)nc2ccsc12. The second-order valence-electron chi connectivity index (χ2n) is 4.91. The van der Waals surface area contributed by atoms with Crippen molar-refractivity contribution in [3.05, 3.63) is 56.9 Å². The third-order valence-corrected chi connectivity index (χ3v) is 5.30. The van der Waals surface area contributed by atoms with Crippen LogP contribution in [0.3, 0.4) is 0 Å². The van der Waals surface area contributed by atoms with Crippen LogP contribution in [0.1, 0.15) is 5.82 Å². The van der Waals surface area contributed by atoms with Crippen LogP contribution in [-0.2, 0) is 5.75 Å². The first-order valence-corrected chi connectivity index (χ1v) is 9.21. The molecule has 0 aliphatic carbocycles. The van der Waals surface area contributed by atoms with Crippen LogP contribution in [0.4, 0.5) is 0 Å². The molecule has 4 aromatic rings. The Labute approximate surface area is 149 Å². The van der Waals surface area contributed by atoms with Crippen LogP contribution in [0.2, 0.25) is 5.02 Å². The average molecular weight is 376 g/mol. The molecule has 0 saturated heterocycles. The van der Waals surface area contributed by atoms with Crippen molar-refractivity contribution in [3.8, 4) is 11.4 Å². The van der Waals surface area contributed by atoms with Crippen molar-refractivity contribution in [2.45, 2.75) is 10.9 Å². The molecule has 0 aliphatic heterocycles. The topological polar surface area (TPSA) is 87.3 Å². The lowest BCUT2D eigenvalue weighted by atomic mass is 10.2. The van der Waals surface area contributed by atoms with Crippen LogP contribution < -0.4 is 5.56 Å². The number of aromatic nitrogens is 5. The van der Waals surface area contributed by atoms with Crippen molar-refractivity contribution >= 4 is 44.9 Å². The molecule has 0 amide bonds. The Bertz CT molecular complexity index is 1050. The summed E-state index contributed by atoms with van der Waals surface area (Å²) in [6.45, 7) is 0. The number of halogens is 1.